The molecular formula is C19H22N2OS. The van der Waals surface area contributed by atoms with Gasteiger partial charge in [0, 0.05) is 12.1 Å². The van der Waals surface area contributed by atoms with Crippen molar-refractivity contribution in [3.8, 4) is 5.75 Å². The number of hydrogen-bond acceptors (Lipinski definition) is 4. The van der Waals surface area contributed by atoms with Gasteiger partial charge in [-0.05, 0) is 39.1 Å². The summed E-state index contributed by atoms with van der Waals surface area (Å²) in [6, 6.07) is 14.9. The van der Waals surface area contributed by atoms with Crippen molar-refractivity contribution in [3.63, 3.8) is 0 Å². The van der Waals surface area contributed by atoms with Crippen LogP contribution in [0.1, 0.15) is 29.1 Å². The molecule has 1 heterocycles. The van der Waals surface area contributed by atoms with Crippen molar-refractivity contribution in [2.45, 2.75) is 26.4 Å². The first-order chi connectivity index (χ1) is 11.1. The third-order valence-corrected chi connectivity index (χ3v) is 5.39. The van der Waals surface area contributed by atoms with E-state index < -0.39 is 0 Å². The number of ether oxygens (including phenoxy) is 1. The van der Waals surface area contributed by atoms with Crippen LogP contribution in [-0.2, 0) is 6.54 Å². The summed E-state index contributed by atoms with van der Waals surface area (Å²) in [6.07, 6.45) is 0. The van der Waals surface area contributed by atoms with Crippen molar-refractivity contribution in [2.24, 2.45) is 0 Å². The first-order valence-corrected chi connectivity index (χ1v) is 8.59. The van der Waals surface area contributed by atoms with Gasteiger partial charge < -0.3 is 4.74 Å². The molecule has 23 heavy (non-hydrogen) atoms. The van der Waals surface area contributed by atoms with Crippen molar-refractivity contribution < 1.29 is 4.74 Å². The minimum atomic E-state index is 0.262. The molecule has 3 nitrogen and oxygen atoms in total. The molecule has 0 aliphatic carbocycles. The number of fused-ring (bicyclic) bond motifs is 1. The van der Waals surface area contributed by atoms with Crippen LogP contribution in [0.5, 0.6) is 5.75 Å². The van der Waals surface area contributed by atoms with E-state index in [1.807, 2.05) is 12.1 Å². The fraction of sp³-hybridized carbons (Fsp3) is 0.316. The smallest absolute Gasteiger partial charge is 0.123 e. The lowest BCUT2D eigenvalue weighted by Crippen LogP contribution is -2.22. The molecule has 1 atom stereocenters. The average Bonchev–Trinajstić information content (AvgIpc) is 2.98. The zero-order valence-corrected chi connectivity index (χ0v) is 14.9. The number of hydrogen-bond donors (Lipinski definition) is 0. The number of methoxy groups -OCH3 is 1. The second-order valence-corrected chi connectivity index (χ2v) is 6.99. The molecular weight excluding hydrogens is 304 g/mol. The van der Waals surface area contributed by atoms with E-state index in [1.54, 1.807) is 18.4 Å². The number of rotatable bonds is 5. The topological polar surface area (TPSA) is 25.4 Å². The largest absolute Gasteiger partial charge is 0.496 e. The van der Waals surface area contributed by atoms with E-state index in [2.05, 4.69) is 56.1 Å². The van der Waals surface area contributed by atoms with Gasteiger partial charge >= 0.3 is 0 Å². The standard InChI is InChI=1S/C19H22N2OS/c1-13-9-10-17(22-4)15(11-13)12-21(3)14(2)19-20-16-7-5-6-8-18(16)23-19/h5-11,14H,12H2,1-4H3/t14-/m0/s1. The van der Waals surface area contributed by atoms with Gasteiger partial charge in [0.2, 0.25) is 0 Å². The minimum Gasteiger partial charge on any atom is -0.496 e. The van der Waals surface area contributed by atoms with Crippen LogP contribution in [0.15, 0.2) is 42.5 Å². The third-order valence-electron chi connectivity index (χ3n) is 4.18. The Morgan fingerprint density at radius 3 is 2.74 bits per heavy atom. The zero-order valence-electron chi connectivity index (χ0n) is 14.0. The highest BCUT2D eigenvalue weighted by molar-refractivity contribution is 7.18. The second kappa shape index (κ2) is 6.69. The molecule has 0 spiro atoms. The molecule has 0 saturated heterocycles. The lowest BCUT2D eigenvalue weighted by molar-refractivity contribution is 0.248. The molecule has 0 unspecified atom stereocenters. The first-order valence-electron chi connectivity index (χ1n) is 7.77. The number of benzene rings is 2. The van der Waals surface area contributed by atoms with Crippen LogP contribution < -0.4 is 4.74 Å². The lowest BCUT2D eigenvalue weighted by atomic mass is 10.1. The van der Waals surface area contributed by atoms with Crippen LogP contribution in [0.4, 0.5) is 0 Å². The second-order valence-electron chi connectivity index (χ2n) is 5.93. The van der Waals surface area contributed by atoms with Gasteiger partial charge in [-0.15, -0.1) is 11.3 Å². The Labute approximate surface area is 141 Å². The van der Waals surface area contributed by atoms with Gasteiger partial charge in [0.25, 0.3) is 0 Å². The van der Waals surface area contributed by atoms with Gasteiger partial charge in [-0.3, -0.25) is 4.90 Å². The molecule has 0 bridgehead atoms. The highest BCUT2D eigenvalue weighted by Crippen LogP contribution is 2.30. The Morgan fingerprint density at radius 2 is 2.00 bits per heavy atom. The molecule has 120 valence electrons. The third kappa shape index (κ3) is 3.38. The van der Waals surface area contributed by atoms with Crippen molar-refractivity contribution in [1.29, 1.82) is 0 Å². The summed E-state index contributed by atoms with van der Waals surface area (Å²) in [5.74, 6) is 0.943. The maximum atomic E-state index is 5.49. The highest BCUT2D eigenvalue weighted by Gasteiger charge is 2.17. The monoisotopic (exact) mass is 326 g/mol. The van der Waals surface area contributed by atoms with Crippen LogP contribution in [0, 0.1) is 6.92 Å². The Hall–Kier alpha value is -1.91. The van der Waals surface area contributed by atoms with Crippen LogP contribution in [0.2, 0.25) is 0 Å². The molecule has 1 aromatic heterocycles. The Morgan fingerprint density at radius 1 is 1.22 bits per heavy atom. The summed E-state index contributed by atoms with van der Waals surface area (Å²) < 4.78 is 6.74. The predicted octanol–water partition coefficient (Wildman–Crippen LogP) is 4.81. The summed E-state index contributed by atoms with van der Waals surface area (Å²) in [5, 5.41) is 1.15. The van der Waals surface area contributed by atoms with Crippen molar-refractivity contribution in [1.82, 2.24) is 9.88 Å². The highest BCUT2D eigenvalue weighted by atomic mass is 32.1. The predicted molar refractivity (Wildman–Crippen MR) is 97.2 cm³/mol. The summed E-state index contributed by atoms with van der Waals surface area (Å²) in [6.45, 7) is 5.15. The first kappa shape index (κ1) is 16.0. The molecule has 3 rings (SSSR count). The number of nitrogens with zero attached hydrogens (tertiary/aromatic N) is 2. The molecule has 0 N–H and O–H groups in total. The van der Waals surface area contributed by atoms with Gasteiger partial charge in [0.05, 0.1) is 23.4 Å². The average molecular weight is 326 g/mol. The molecule has 3 aromatic rings. The molecule has 0 aliphatic rings. The maximum absolute atomic E-state index is 5.49. The van der Waals surface area contributed by atoms with Crippen molar-refractivity contribution >= 4 is 21.6 Å². The molecule has 4 heteroatoms. The molecule has 0 saturated carbocycles. The molecule has 0 aliphatic heterocycles. The summed E-state index contributed by atoms with van der Waals surface area (Å²) in [4.78, 5) is 7.10. The maximum Gasteiger partial charge on any atom is 0.123 e. The molecule has 0 amide bonds. The van der Waals surface area contributed by atoms with Gasteiger partial charge in [-0.2, -0.15) is 0 Å². The fourth-order valence-corrected chi connectivity index (χ4v) is 3.78. The number of aromatic nitrogens is 1. The van der Waals surface area contributed by atoms with Crippen LogP contribution in [0.25, 0.3) is 10.2 Å². The zero-order chi connectivity index (χ0) is 16.4. The summed E-state index contributed by atoms with van der Waals surface area (Å²) in [7, 11) is 3.86. The SMILES string of the molecule is COc1ccc(C)cc1CN(C)[C@@H](C)c1nc2ccccc2s1. The Balaban J connectivity index is 1.82. The lowest BCUT2D eigenvalue weighted by Gasteiger charge is -2.24. The van der Waals surface area contributed by atoms with E-state index in [0.717, 1.165) is 22.8 Å². The fourth-order valence-electron chi connectivity index (χ4n) is 2.69. The molecule has 0 fully saturated rings. The van der Waals surface area contributed by atoms with E-state index in [9.17, 15) is 0 Å². The van der Waals surface area contributed by atoms with Crippen LogP contribution >= 0.6 is 11.3 Å². The Bertz CT molecular complexity index is 779. The van der Waals surface area contributed by atoms with Crippen molar-refractivity contribution in [3.05, 3.63) is 58.6 Å². The van der Waals surface area contributed by atoms with E-state index in [4.69, 9.17) is 9.72 Å². The molecule has 0 radical (unpaired) electrons. The Kier molecular flexibility index (Phi) is 4.64. The van der Waals surface area contributed by atoms with Gasteiger partial charge in [0.15, 0.2) is 0 Å². The quantitative estimate of drug-likeness (QED) is 0.673. The van der Waals surface area contributed by atoms with E-state index in [1.165, 1.54) is 15.8 Å². The number of thiazole rings is 1. The number of para-hydroxylation sites is 1. The van der Waals surface area contributed by atoms with Gasteiger partial charge in [-0.25, -0.2) is 4.98 Å². The summed E-state index contributed by atoms with van der Waals surface area (Å²) in [5.41, 5.74) is 3.55. The van der Waals surface area contributed by atoms with Crippen LogP contribution in [-0.4, -0.2) is 24.0 Å². The van der Waals surface area contributed by atoms with E-state index in [-0.39, 0.29) is 6.04 Å². The van der Waals surface area contributed by atoms with Gasteiger partial charge in [0.1, 0.15) is 10.8 Å². The van der Waals surface area contributed by atoms with Crippen molar-refractivity contribution in [2.75, 3.05) is 14.2 Å². The van der Waals surface area contributed by atoms with E-state index in [0.29, 0.717) is 0 Å². The minimum absolute atomic E-state index is 0.262. The van der Waals surface area contributed by atoms with Gasteiger partial charge in [-0.1, -0.05) is 29.8 Å². The van der Waals surface area contributed by atoms with Crippen LogP contribution in [0.3, 0.4) is 0 Å². The molecule has 2 aromatic carbocycles. The summed E-state index contributed by atoms with van der Waals surface area (Å²) >= 11 is 1.77. The normalized spacial score (nSPS) is 12.7. The van der Waals surface area contributed by atoms with E-state index >= 15 is 0 Å². The number of aryl methyl sites for hydroxylation is 1.